The molecule has 4 heterocycles. The van der Waals surface area contributed by atoms with Crippen LogP contribution in [0.5, 0.6) is 0 Å². The minimum Gasteiger partial charge on any atom is -0.330 e. The van der Waals surface area contributed by atoms with Gasteiger partial charge in [0, 0.05) is 42.0 Å². The van der Waals surface area contributed by atoms with Crippen LogP contribution in [0.25, 0.3) is 22.5 Å². The lowest BCUT2D eigenvalue weighted by atomic mass is 10.0. The molecule has 25 heavy (non-hydrogen) atoms. The van der Waals surface area contributed by atoms with E-state index in [1.165, 1.54) is 11.3 Å². The van der Waals surface area contributed by atoms with Crippen LogP contribution in [0.3, 0.4) is 0 Å². The van der Waals surface area contributed by atoms with E-state index in [0.29, 0.717) is 6.54 Å². The zero-order chi connectivity index (χ0) is 17.2. The first-order valence-electron chi connectivity index (χ1n) is 8.59. The van der Waals surface area contributed by atoms with E-state index in [2.05, 4.69) is 21.8 Å². The van der Waals surface area contributed by atoms with Crippen molar-refractivity contribution in [3.8, 4) is 22.5 Å². The Bertz CT molecular complexity index is 903. The first-order chi connectivity index (χ1) is 12.3. The van der Waals surface area contributed by atoms with E-state index < -0.39 is 0 Å². The zero-order valence-corrected chi connectivity index (χ0v) is 15.1. The van der Waals surface area contributed by atoms with Gasteiger partial charge in [-0.05, 0) is 49.6 Å². The third kappa shape index (κ3) is 3.19. The van der Waals surface area contributed by atoms with Crippen LogP contribution in [-0.2, 0) is 13.0 Å². The largest absolute Gasteiger partial charge is 0.330 e. The number of aromatic nitrogens is 4. The van der Waals surface area contributed by atoms with Gasteiger partial charge in [-0.25, -0.2) is 4.98 Å². The van der Waals surface area contributed by atoms with Gasteiger partial charge in [-0.2, -0.15) is 5.10 Å². The van der Waals surface area contributed by atoms with Crippen LogP contribution < -0.4 is 5.73 Å². The average molecular weight is 351 g/mol. The molecule has 0 amide bonds. The van der Waals surface area contributed by atoms with E-state index in [4.69, 9.17) is 15.8 Å². The van der Waals surface area contributed by atoms with Crippen molar-refractivity contribution in [3.63, 3.8) is 0 Å². The number of fused-ring (bicyclic) bond motifs is 1. The van der Waals surface area contributed by atoms with Crippen molar-refractivity contribution in [1.82, 2.24) is 19.7 Å². The molecule has 0 aromatic carbocycles. The van der Waals surface area contributed by atoms with E-state index in [0.717, 1.165) is 52.8 Å². The fourth-order valence-electron chi connectivity index (χ4n) is 3.30. The summed E-state index contributed by atoms with van der Waals surface area (Å²) in [6.45, 7) is 3.65. The number of nitrogens with two attached hydrogens (primary N) is 1. The first-order valence-corrected chi connectivity index (χ1v) is 9.58. The van der Waals surface area contributed by atoms with E-state index in [1.54, 1.807) is 11.8 Å². The number of hydrogen-bond donors (Lipinski definition) is 1. The molecule has 128 valence electrons. The highest BCUT2D eigenvalue weighted by atomic mass is 32.2. The van der Waals surface area contributed by atoms with Crippen LogP contribution in [0.4, 0.5) is 0 Å². The SMILES string of the molecule is Cc1cccc(-c2nn3c(c2-c2ccnc(SCCN)c2)CCC3)n1. The molecule has 6 heteroatoms. The summed E-state index contributed by atoms with van der Waals surface area (Å²) in [6, 6.07) is 10.3. The molecule has 2 N–H and O–H groups in total. The first kappa shape index (κ1) is 16.3. The van der Waals surface area contributed by atoms with Gasteiger partial charge in [-0.15, -0.1) is 11.8 Å². The Morgan fingerprint density at radius 1 is 1.28 bits per heavy atom. The highest BCUT2D eigenvalue weighted by molar-refractivity contribution is 7.99. The number of aryl methyl sites for hydroxylation is 2. The summed E-state index contributed by atoms with van der Waals surface area (Å²) in [5.41, 5.74) is 12.2. The molecule has 0 fully saturated rings. The van der Waals surface area contributed by atoms with Crippen LogP contribution in [-0.4, -0.2) is 32.0 Å². The van der Waals surface area contributed by atoms with Gasteiger partial charge in [0.25, 0.3) is 0 Å². The number of nitrogens with zero attached hydrogens (tertiary/aromatic N) is 4. The predicted octanol–water partition coefficient (Wildman–Crippen LogP) is 3.31. The minimum atomic E-state index is 0.651. The molecule has 3 aromatic rings. The Balaban J connectivity index is 1.84. The molecule has 0 saturated carbocycles. The van der Waals surface area contributed by atoms with Gasteiger partial charge in [-0.1, -0.05) is 6.07 Å². The molecule has 0 radical (unpaired) electrons. The summed E-state index contributed by atoms with van der Waals surface area (Å²) >= 11 is 1.69. The maximum atomic E-state index is 5.63. The molecule has 1 aliphatic rings. The van der Waals surface area contributed by atoms with Gasteiger partial charge in [0.1, 0.15) is 5.69 Å². The molecule has 0 bridgehead atoms. The molecule has 1 aliphatic heterocycles. The van der Waals surface area contributed by atoms with Crippen molar-refractivity contribution < 1.29 is 0 Å². The van der Waals surface area contributed by atoms with Gasteiger partial charge in [-0.3, -0.25) is 9.67 Å². The molecule has 0 unspecified atom stereocenters. The second-order valence-corrected chi connectivity index (χ2v) is 7.30. The van der Waals surface area contributed by atoms with E-state index in [9.17, 15) is 0 Å². The van der Waals surface area contributed by atoms with Crippen molar-refractivity contribution in [1.29, 1.82) is 0 Å². The van der Waals surface area contributed by atoms with Crippen LogP contribution >= 0.6 is 11.8 Å². The highest BCUT2D eigenvalue weighted by Crippen LogP contribution is 2.37. The number of thioether (sulfide) groups is 1. The smallest absolute Gasteiger partial charge is 0.119 e. The lowest BCUT2D eigenvalue weighted by molar-refractivity contribution is 0.658. The van der Waals surface area contributed by atoms with Gasteiger partial charge in [0.15, 0.2) is 0 Å². The van der Waals surface area contributed by atoms with E-state index >= 15 is 0 Å². The van der Waals surface area contributed by atoms with Crippen LogP contribution in [0.15, 0.2) is 41.6 Å². The molecule has 0 aliphatic carbocycles. The Hall–Kier alpha value is -2.18. The third-order valence-corrected chi connectivity index (χ3v) is 5.32. The normalized spacial score (nSPS) is 13.2. The molecule has 5 nitrogen and oxygen atoms in total. The Kier molecular flexibility index (Phi) is 4.55. The standard InChI is InChI=1S/C19H21N5S/c1-13-4-2-5-15(22-13)19-18(16-6-3-10-24(16)23-19)14-7-9-21-17(12-14)25-11-8-20/h2,4-5,7,9,12H,3,6,8,10-11,20H2,1H3. The quantitative estimate of drug-likeness (QED) is 0.714. The maximum absolute atomic E-state index is 5.63. The topological polar surface area (TPSA) is 69.6 Å². The van der Waals surface area contributed by atoms with Crippen molar-refractivity contribution in [3.05, 3.63) is 47.9 Å². The van der Waals surface area contributed by atoms with Crippen LogP contribution in [0.1, 0.15) is 17.8 Å². The molecule has 0 spiro atoms. The Labute approximate surface area is 151 Å². The second kappa shape index (κ2) is 6.98. The molecule has 0 saturated heterocycles. The Morgan fingerprint density at radius 2 is 2.20 bits per heavy atom. The molecular formula is C19H21N5S. The summed E-state index contributed by atoms with van der Waals surface area (Å²) in [6.07, 6.45) is 4.08. The van der Waals surface area contributed by atoms with E-state index in [-0.39, 0.29) is 0 Å². The maximum Gasteiger partial charge on any atom is 0.119 e. The lowest BCUT2D eigenvalue weighted by Crippen LogP contribution is -2.01. The summed E-state index contributed by atoms with van der Waals surface area (Å²) in [5, 5.41) is 5.88. The second-order valence-electron chi connectivity index (χ2n) is 6.18. The average Bonchev–Trinajstić information content (AvgIpc) is 3.21. The van der Waals surface area contributed by atoms with Crippen LogP contribution in [0.2, 0.25) is 0 Å². The lowest BCUT2D eigenvalue weighted by Gasteiger charge is -2.07. The number of hydrogen-bond acceptors (Lipinski definition) is 5. The minimum absolute atomic E-state index is 0.651. The summed E-state index contributed by atoms with van der Waals surface area (Å²) < 4.78 is 2.14. The third-order valence-electron chi connectivity index (χ3n) is 4.36. The molecule has 4 rings (SSSR count). The van der Waals surface area contributed by atoms with Gasteiger partial charge < -0.3 is 5.73 Å². The van der Waals surface area contributed by atoms with Crippen LogP contribution in [0, 0.1) is 6.92 Å². The summed E-state index contributed by atoms with van der Waals surface area (Å²) in [4.78, 5) is 9.16. The van der Waals surface area contributed by atoms with E-state index in [1.807, 2.05) is 31.3 Å². The van der Waals surface area contributed by atoms with Gasteiger partial charge >= 0.3 is 0 Å². The van der Waals surface area contributed by atoms with Crippen molar-refractivity contribution in [2.75, 3.05) is 12.3 Å². The monoisotopic (exact) mass is 351 g/mol. The number of pyridine rings is 2. The fourth-order valence-corrected chi connectivity index (χ4v) is 3.97. The Morgan fingerprint density at radius 3 is 3.04 bits per heavy atom. The fraction of sp³-hybridized carbons (Fsp3) is 0.316. The van der Waals surface area contributed by atoms with Crippen molar-refractivity contribution >= 4 is 11.8 Å². The number of rotatable bonds is 5. The van der Waals surface area contributed by atoms with Gasteiger partial charge in [0.2, 0.25) is 0 Å². The zero-order valence-electron chi connectivity index (χ0n) is 14.3. The molecule has 3 aromatic heterocycles. The van der Waals surface area contributed by atoms with Gasteiger partial charge in [0.05, 0.1) is 10.7 Å². The molecular weight excluding hydrogens is 330 g/mol. The highest BCUT2D eigenvalue weighted by Gasteiger charge is 2.24. The van der Waals surface area contributed by atoms with Crippen molar-refractivity contribution in [2.24, 2.45) is 5.73 Å². The summed E-state index contributed by atoms with van der Waals surface area (Å²) in [7, 11) is 0. The predicted molar refractivity (Wildman–Crippen MR) is 102 cm³/mol. The molecule has 0 atom stereocenters. The van der Waals surface area contributed by atoms with Crippen molar-refractivity contribution in [2.45, 2.75) is 31.3 Å². The summed E-state index contributed by atoms with van der Waals surface area (Å²) in [5.74, 6) is 0.870.